The van der Waals surface area contributed by atoms with Crippen molar-refractivity contribution in [3.8, 4) is 5.75 Å². The average Bonchev–Trinajstić information content (AvgIpc) is 3.44. The number of rotatable bonds is 7. The number of anilines is 2. The lowest BCUT2D eigenvalue weighted by Crippen LogP contribution is -2.39. The van der Waals surface area contributed by atoms with Crippen LogP contribution in [0.15, 0.2) is 70.6 Å². The highest BCUT2D eigenvalue weighted by Crippen LogP contribution is 2.27. The lowest BCUT2D eigenvalue weighted by molar-refractivity contribution is -0.119. The first-order chi connectivity index (χ1) is 14.6. The van der Waals surface area contributed by atoms with Crippen LogP contribution in [0.4, 0.5) is 11.4 Å². The molecule has 8 nitrogen and oxygen atoms in total. The van der Waals surface area contributed by atoms with Crippen molar-refractivity contribution in [3.63, 3.8) is 0 Å². The van der Waals surface area contributed by atoms with Crippen molar-refractivity contribution < 1.29 is 14.3 Å². The molecule has 4 rings (SSSR count). The van der Waals surface area contributed by atoms with E-state index in [4.69, 9.17) is 10.5 Å². The minimum atomic E-state index is -0.718. The average molecular weight is 421 g/mol. The molecule has 1 unspecified atom stereocenters. The van der Waals surface area contributed by atoms with Crippen molar-refractivity contribution in [3.05, 3.63) is 71.2 Å². The van der Waals surface area contributed by atoms with E-state index in [0.717, 1.165) is 5.69 Å². The summed E-state index contributed by atoms with van der Waals surface area (Å²) in [5.74, 6) is -0.439. The monoisotopic (exact) mass is 421 g/mol. The second-order valence-corrected chi connectivity index (χ2v) is 7.29. The summed E-state index contributed by atoms with van der Waals surface area (Å²) in [5.41, 5.74) is 9.50. The summed E-state index contributed by atoms with van der Waals surface area (Å²) in [5, 5.41) is 10.6. The highest BCUT2D eigenvalue weighted by atomic mass is 32.1. The van der Waals surface area contributed by atoms with Gasteiger partial charge in [-0.05, 0) is 24.3 Å². The minimum Gasteiger partial charge on any atom is -0.485 e. The molecule has 0 saturated carbocycles. The van der Waals surface area contributed by atoms with Gasteiger partial charge in [0.15, 0.2) is 0 Å². The second kappa shape index (κ2) is 8.75. The molecule has 0 radical (unpaired) electrons. The number of carbonyl (C=O) groups is 2. The Balaban J connectivity index is 1.50. The van der Waals surface area contributed by atoms with Crippen LogP contribution >= 0.6 is 11.3 Å². The molecule has 9 heteroatoms. The van der Waals surface area contributed by atoms with E-state index in [2.05, 4.69) is 15.4 Å². The van der Waals surface area contributed by atoms with E-state index in [1.54, 1.807) is 23.7 Å². The van der Waals surface area contributed by atoms with Gasteiger partial charge in [-0.1, -0.05) is 30.3 Å². The minimum absolute atomic E-state index is 0.123. The van der Waals surface area contributed by atoms with Crippen LogP contribution < -0.4 is 20.8 Å². The van der Waals surface area contributed by atoms with Crippen LogP contribution in [0.3, 0.4) is 0 Å². The van der Waals surface area contributed by atoms with Crippen molar-refractivity contribution in [2.45, 2.75) is 19.1 Å². The number of primary amides is 1. The van der Waals surface area contributed by atoms with E-state index in [1.165, 1.54) is 16.3 Å². The largest absolute Gasteiger partial charge is 0.485 e. The number of benzene rings is 2. The number of thiazole rings is 1. The molecule has 1 atom stereocenters. The van der Waals surface area contributed by atoms with Gasteiger partial charge in [0.1, 0.15) is 24.1 Å². The van der Waals surface area contributed by atoms with Crippen molar-refractivity contribution in [2.24, 2.45) is 10.8 Å². The number of aromatic nitrogens is 1. The van der Waals surface area contributed by atoms with Crippen LogP contribution in [-0.2, 0) is 16.2 Å². The molecule has 0 saturated heterocycles. The second-order valence-electron chi connectivity index (χ2n) is 6.57. The van der Waals surface area contributed by atoms with Gasteiger partial charge in [-0.3, -0.25) is 14.6 Å². The first kappa shape index (κ1) is 19.6. The summed E-state index contributed by atoms with van der Waals surface area (Å²) in [6.45, 7) is 0.295. The number of nitrogens with two attached hydrogens (primary N) is 1. The topological polar surface area (TPSA) is 110 Å². The number of nitrogens with zero attached hydrogens (tertiary/aromatic N) is 3. The molecule has 0 bridgehead atoms. The Hall–Kier alpha value is -3.72. The summed E-state index contributed by atoms with van der Waals surface area (Å²) >= 11 is 1.49. The van der Waals surface area contributed by atoms with E-state index in [1.807, 2.05) is 41.8 Å². The maximum Gasteiger partial charge on any atom is 0.272 e. The Labute approximate surface area is 177 Å². The van der Waals surface area contributed by atoms with Gasteiger partial charge in [0, 0.05) is 11.8 Å². The zero-order valence-corrected chi connectivity index (χ0v) is 16.7. The molecular formula is C21H19N5O3S. The molecule has 1 aliphatic rings. The van der Waals surface area contributed by atoms with Crippen LogP contribution in [0, 0.1) is 0 Å². The summed E-state index contributed by atoms with van der Waals surface area (Å²) in [6.07, 6.45) is 0.123. The first-order valence-electron chi connectivity index (χ1n) is 9.23. The normalized spacial score (nSPS) is 15.5. The van der Waals surface area contributed by atoms with Crippen molar-refractivity contribution in [1.29, 1.82) is 0 Å². The van der Waals surface area contributed by atoms with Gasteiger partial charge in [-0.25, -0.2) is 4.98 Å². The molecule has 3 N–H and O–H groups in total. The summed E-state index contributed by atoms with van der Waals surface area (Å²) < 4.78 is 5.80. The Bertz CT molecular complexity index is 1070. The van der Waals surface area contributed by atoms with Crippen LogP contribution in [0.1, 0.15) is 12.1 Å². The molecule has 2 heterocycles. The van der Waals surface area contributed by atoms with E-state index >= 15 is 0 Å². The van der Waals surface area contributed by atoms with Gasteiger partial charge in [-0.2, -0.15) is 5.10 Å². The van der Waals surface area contributed by atoms with E-state index < -0.39 is 17.9 Å². The lowest BCUT2D eigenvalue weighted by atomic mass is 10.1. The quantitative estimate of drug-likeness (QED) is 0.610. The molecule has 30 heavy (non-hydrogen) atoms. The molecule has 3 aromatic rings. The summed E-state index contributed by atoms with van der Waals surface area (Å²) in [6, 6.07) is 15.5. The van der Waals surface area contributed by atoms with E-state index in [9.17, 15) is 9.59 Å². The first-order valence-corrected chi connectivity index (χ1v) is 10.2. The maximum atomic E-state index is 12.9. The van der Waals surface area contributed by atoms with E-state index in [0.29, 0.717) is 23.7 Å². The fourth-order valence-electron chi connectivity index (χ4n) is 3.04. The lowest BCUT2D eigenvalue weighted by Gasteiger charge is -2.20. The number of carbonyl (C=O) groups excluding carboxylic acids is 2. The zero-order chi connectivity index (χ0) is 20.9. The molecule has 152 valence electrons. The Kier molecular flexibility index (Phi) is 5.71. The third kappa shape index (κ3) is 4.31. The van der Waals surface area contributed by atoms with Crippen molar-refractivity contribution >= 4 is 40.2 Å². The molecule has 0 fully saturated rings. The van der Waals surface area contributed by atoms with Crippen LogP contribution in [-0.4, -0.2) is 28.6 Å². The fourth-order valence-corrected chi connectivity index (χ4v) is 3.58. The number of ether oxygens (including phenoxy) is 1. The smallest absolute Gasteiger partial charge is 0.272 e. The molecule has 1 aromatic heterocycles. The van der Waals surface area contributed by atoms with Gasteiger partial charge in [0.2, 0.25) is 5.91 Å². The third-order valence-corrected chi connectivity index (χ3v) is 5.15. The molecular weight excluding hydrogens is 402 g/mol. The zero-order valence-electron chi connectivity index (χ0n) is 15.9. The molecule has 0 aliphatic carbocycles. The standard InChI is InChI=1S/C21H19N5O3S/c22-20(27)18-10-17(25-26(18)15-6-2-1-3-7-15)21(28)24-16-8-4-5-9-19(16)29-11-14-12-30-13-23-14/h1-9,12-13,18H,10-11H2,(H2,22,27)(H,24,28). The SMILES string of the molecule is NC(=O)C1CC(C(=O)Nc2ccccc2OCc2cscn2)=NN1c1ccccc1. The maximum absolute atomic E-state index is 12.9. The summed E-state index contributed by atoms with van der Waals surface area (Å²) in [7, 11) is 0. The predicted octanol–water partition coefficient (Wildman–Crippen LogP) is 2.78. The van der Waals surface area contributed by atoms with Crippen LogP contribution in [0.25, 0.3) is 0 Å². The highest BCUT2D eigenvalue weighted by molar-refractivity contribution is 7.07. The van der Waals surface area contributed by atoms with Crippen LogP contribution in [0.5, 0.6) is 5.75 Å². The number of hydrogen-bond acceptors (Lipinski definition) is 7. The third-order valence-electron chi connectivity index (χ3n) is 4.52. The Morgan fingerprint density at radius 2 is 1.93 bits per heavy atom. The number of nitrogens with one attached hydrogen (secondary N) is 1. The van der Waals surface area contributed by atoms with Gasteiger partial charge >= 0.3 is 0 Å². The van der Waals surface area contributed by atoms with Gasteiger partial charge in [-0.15, -0.1) is 11.3 Å². The molecule has 0 spiro atoms. The van der Waals surface area contributed by atoms with E-state index in [-0.39, 0.29) is 12.1 Å². The van der Waals surface area contributed by atoms with Gasteiger partial charge in [0.25, 0.3) is 5.91 Å². The Morgan fingerprint density at radius 3 is 2.67 bits per heavy atom. The van der Waals surface area contributed by atoms with Gasteiger partial charge in [0.05, 0.1) is 22.6 Å². The fraction of sp³-hybridized carbons (Fsp3) is 0.143. The molecule has 2 aromatic carbocycles. The van der Waals surface area contributed by atoms with Crippen molar-refractivity contribution in [1.82, 2.24) is 4.98 Å². The number of amides is 2. The number of para-hydroxylation sites is 3. The van der Waals surface area contributed by atoms with Crippen LogP contribution in [0.2, 0.25) is 0 Å². The Morgan fingerprint density at radius 1 is 1.17 bits per heavy atom. The summed E-state index contributed by atoms with van der Waals surface area (Å²) in [4.78, 5) is 29.0. The van der Waals surface area contributed by atoms with Gasteiger partial charge < -0.3 is 15.8 Å². The molecule has 2 amide bonds. The molecule has 1 aliphatic heterocycles. The predicted molar refractivity (Wildman–Crippen MR) is 115 cm³/mol. The van der Waals surface area contributed by atoms with Crippen molar-refractivity contribution in [2.75, 3.05) is 10.3 Å². The number of hydrazone groups is 1. The number of hydrogen-bond donors (Lipinski definition) is 2. The highest BCUT2D eigenvalue weighted by Gasteiger charge is 2.35.